The van der Waals surface area contributed by atoms with Gasteiger partial charge in [-0.2, -0.15) is 0 Å². The van der Waals surface area contributed by atoms with Gasteiger partial charge in [0.2, 0.25) is 11.8 Å². The first-order valence-corrected chi connectivity index (χ1v) is 9.23. The minimum absolute atomic E-state index is 0.551. The molecule has 0 bridgehead atoms. The number of nitrogens with one attached hydrogen (secondary N) is 2. The highest BCUT2D eigenvalue weighted by molar-refractivity contribution is 5.66. The van der Waals surface area contributed by atoms with E-state index in [1.54, 1.807) is 19.5 Å². The lowest BCUT2D eigenvalue weighted by Crippen LogP contribution is -2.26. The molecule has 0 unspecified atom stereocenters. The second kappa shape index (κ2) is 8.14. The molecule has 1 saturated heterocycles. The molecule has 0 radical (unpaired) electrons. The van der Waals surface area contributed by atoms with Gasteiger partial charge in [0.05, 0.1) is 18.4 Å². The van der Waals surface area contributed by atoms with Gasteiger partial charge in [-0.3, -0.25) is 0 Å². The molecule has 1 aliphatic rings. The van der Waals surface area contributed by atoms with E-state index in [1.807, 2.05) is 24.3 Å². The Hall–Kier alpha value is -2.99. The van der Waals surface area contributed by atoms with E-state index < -0.39 is 0 Å². The van der Waals surface area contributed by atoms with E-state index >= 15 is 0 Å². The molecule has 0 atom stereocenters. The summed E-state index contributed by atoms with van der Waals surface area (Å²) in [6, 6.07) is 14.2. The number of pyridine rings is 1. The Labute approximate surface area is 159 Å². The summed E-state index contributed by atoms with van der Waals surface area (Å²) in [5.41, 5.74) is 3.98. The Morgan fingerprint density at radius 1 is 1.04 bits per heavy atom. The van der Waals surface area contributed by atoms with Crippen LogP contribution in [0.3, 0.4) is 0 Å². The fourth-order valence-electron chi connectivity index (χ4n) is 3.47. The maximum Gasteiger partial charge on any atom is 0.227 e. The van der Waals surface area contributed by atoms with Crippen LogP contribution in [0.25, 0.3) is 11.3 Å². The van der Waals surface area contributed by atoms with Crippen LogP contribution in [-0.4, -0.2) is 35.2 Å². The first-order valence-electron chi connectivity index (χ1n) is 9.23. The van der Waals surface area contributed by atoms with Gasteiger partial charge in [-0.05, 0) is 67.7 Å². The van der Waals surface area contributed by atoms with Crippen LogP contribution in [0, 0.1) is 0 Å². The maximum atomic E-state index is 5.34. The monoisotopic (exact) mass is 361 g/mol. The van der Waals surface area contributed by atoms with Crippen LogP contribution in [0.15, 0.2) is 54.9 Å². The number of hydrogen-bond acceptors (Lipinski definition) is 6. The summed E-state index contributed by atoms with van der Waals surface area (Å²) in [7, 11) is 1.61. The zero-order chi connectivity index (χ0) is 18.5. The number of aromatic nitrogens is 3. The predicted molar refractivity (Wildman–Crippen MR) is 106 cm³/mol. The van der Waals surface area contributed by atoms with Crippen LogP contribution < -0.4 is 15.4 Å². The molecule has 3 heterocycles. The van der Waals surface area contributed by atoms with Crippen molar-refractivity contribution in [2.75, 3.05) is 25.5 Å². The lowest BCUT2D eigenvalue weighted by atomic mass is 9.90. The Balaban J connectivity index is 1.57. The van der Waals surface area contributed by atoms with Crippen molar-refractivity contribution in [3.63, 3.8) is 0 Å². The number of ether oxygens (including phenoxy) is 1. The van der Waals surface area contributed by atoms with Crippen LogP contribution in [0.2, 0.25) is 0 Å². The minimum Gasteiger partial charge on any atom is -0.481 e. The number of piperidine rings is 1. The highest BCUT2D eigenvalue weighted by atomic mass is 16.5. The third kappa shape index (κ3) is 4.06. The summed E-state index contributed by atoms with van der Waals surface area (Å²) in [5, 5.41) is 6.75. The first kappa shape index (κ1) is 17.4. The third-order valence-electron chi connectivity index (χ3n) is 4.85. The van der Waals surface area contributed by atoms with Gasteiger partial charge in [0.25, 0.3) is 0 Å². The van der Waals surface area contributed by atoms with Crippen molar-refractivity contribution in [1.29, 1.82) is 0 Å². The normalized spacial score (nSPS) is 14.7. The number of nitrogens with zero attached hydrogens (tertiary/aromatic N) is 3. The van der Waals surface area contributed by atoms with E-state index in [0.717, 1.165) is 30.0 Å². The first-order chi connectivity index (χ1) is 13.3. The predicted octanol–water partition coefficient (Wildman–Crippen LogP) is 3.76. The molecule has 0 spiro atoms. The van der Waals surface area contributed by atoms with E-state index in [2.05, 4.69) is 43.8 Å². The topological polar surface area (TPSA) is 72.0 Å². The van der Waals surface area contributed by atoms with Crippen molar-refractivity contribution in [2.45, 2.75) is 18.8 Å². The van der Waals surface area contributed by atoms with Crippen LogP contribution in [-0.2, 0) is 0 Å². The molecule has 0 amide bonds. The maximum absolute atomic E-state index is 5.34. The van der Waals surface area contributed by atoms with Gasteiger partial charge in [-0.1, -0.05) is 12.1 Å². The number of hydrogen-bond donors (Lipinski definition) is 2. The van der Waals surface area contributed by atoms with Crippen LogP contribution in [0.4, 0.5) is 11.6 Å². The molecule has 2 aromatic heterocycles. The fourth-order valence-corrected chi connectivity index (χ4v) is 3.47. The van der Waals surface area contributed by atoms with Crippen LogP contribution >= 0.6 is 0 Å². The number of rotatable bonds is 5. The largest absolute Gasteiger partial charge is 0.481 e. The molecular weight excluding hydrogens is 338 g/mol. The van der Waals surface area contributed by atoms with E-state index in [0.29, 0.717) is 17.7 Å². The van der Waals surface area contributed by atoms with Crippen molar-refractivity contribution in [2.24, 2.45) is 0 Å². The second-order valence-electron chi connectivity index (χ2n) is 6.60. The summed E-state index contributed by atoms with van der Waals surface area (Å²) < 4.78 is 5.34. The van der Waals surface area contributed by atoms with Crippen molar-refractivity contribution < 1.29 is 4.74 Å². The fraction of sp³-hybridized carbons (Fsp3) is 0.286. The molecular formula is C21H23N5O. The van der Waals surface area contributed by atoms with E-state index in [1.165, 1.54) is 18.4 Å². The minimum atomic E-state index is 0.551. The number of anilines is 2. The van der Waals surface area contributed by atoms with Gasteiger partial charge in [0, 0.05) is 18.1 Å². The molecule has 4 rings (SSSR count). The molecule has 27 heavy (non-hydrogen) atoms. The standard InChI is InChI=1S/C21H23N5O/c1-27-20-18(6-3-10-23-20)19-9-13-24-21(26-19)25-17-5-2-4-16(14-17)15-7-11-22-12-8-15/h2-6,9-10,13-15,22H,7-8,11-12H2,1H3,(H,24,25,26). The molecule has 1 aliphatic heterocycles. The van der Waals surface area contributed by atoms with Crippen molar-refractivity contribution in [3.8, 4) is 17.1 Å². The zero-order valence-electron chi connectivity index (χ0n) is 15.4. The lowest BCUT2D eigenvalue weighted by Gasteiger charge is -2.23. The van der Waals surface area contributed by atoms with Crippen molar-refractivity contribution in [1.82, 2.24) is 20.3 Å². The Morgan fingerprint density at radius 3 is 2.78 bits per heavy atom. The Morgan fingerprint density at radius 2 is 1.93 bits per heavy atom. The highest BCUT2D eigenvalue weighted by Crippen LogP contribution is 2.29. The molecule has 138 valence electrons. The summed E-state index contributed by atoms with van der Waals surface area (Å²) in [5.74, 6) is 1.72. The van der Waals surface area contributed by atoms with Gasteiger partial charge >= 0.3 is 0 Å². The third-order valence-corrected chi connectivity index (χ3v) is 4.85. The van der Waals surface area contributed by atoms with Gasteiger partial charge in [-0.25, -0.2) is 15.0 Å². The van der Waals surface area contributed by atoms with E-state index in [9.17, 15) is 0 Å². The lowest BCUT2D eigenvalue weighted by molar-refractivity contribution is 0.399. The quantitative estimate of drug-likeness (QED) is 0.721. The van der Waals surface area contributed by atoms with Crippen LogP contribution in [0.1, 0.15) is 24.3 Å². The zero-order valence-corrected chi connectivity index (χ0v) is 15.4. The van der Waals surface area contributed by atoms with Gasteiger partial charge in [0.15, 0.2) is 0 Å². The Bertz CT molecular complexity index is 908. The Kier molecular flexibility index (Phi) is 5.25. The van der Waals surface area contributed by atoms with Gasteiger partial charge in [0.1, 0.15) is 0 Å². The smallest absolute Gasteiger partial charge is 0.227 e. The summed E-state index contributed by atoms with van der Waals surface area (Å²) in [6.45, 7) is 2.17. The average molecular weight is 361 g/mol. The molecule has 0 saturated carbocycles. The molecule has 3 aromatic rings. The molecule has 1 fully saturated rings. The van der Waals surface area contributed by atoms with E-state index in [-0.39, 0.29) is 0 Å². The molecule has 6 nitrogen and oxygen atoms in total. The highest BCUT2D eigenvalue weighted by Gasteiger charge is 2.15. The molecule has 0 aliphatic carbocycles. The molecule has 6 heteroatoms. The van der Waals surface area contributed by atoms with E-state index in [4.69, 9.17) is 4.74 Å². The van der Waals surface area contributed by atoms with Crippen molar-refractivity contribution in [3.05, 3.63) is 60.4 Å². The summed E-state index contributed by atoms with van der Waals surface area (Å²) >= 11 is 0. The number of benzene rings is 1. The number of methoxy groups -OCH3 is 1. The SMILES string of the molecule is COc1ncccc1-c1ccnc(Nc2cccc(C3CCNCC3)c2)n1. The average Bonchev–Trinajstić information content (AvgIpc) is 2.75. The van der Waals surface area contributed by atoms with Crippen molar-refractivity contribution >= 4 is 11.6 Å². The second-order valence-corrected chi connectivity index (χ2v) is 6.60. The summed E-state index contributed by atoms with van der Waals surface area (Å²) in [4.78, 5) is 13.2. The van der Waals surface area contributed by atoms with Gasteiger partial charge < -0.3 is 15.4 Å². The molecule has 2 N–H and O–H groups in total. The van der Waals surface area contributed by atoms with Gasteiger partial charge in [-0.15, -0.1) is 0 Å². The molecule has 1 aromatic carbocycles. The van der Waals surface area contributed by atoms with Crippen LogP contribution in [0.5, 0.6) is 5.88 Å². The summed E-state index contributed by atoms with van der Waals surface area (Å²) in [6.07, 6.45) is 5.80.